The van der Waals surface area contributed by atoms with Gasteiger partial charge in [0.2, 0.25) is 0 Å². The first-order chi connectivity index (χ1) is 16.5. The van der Waals surface area contributed by atoms with Crippen LogP contribution in [0.1, 0.15) is 98.5 Å². The lowest BCUT2D eigenvalue weighted by atomic mass is 9.77. The molecule has 182 valence electrons. The molecule has 2 saturated carbocycles. The van der Waals surface area contributed by atoms with Crippen molar-refractivity contribution in [3.8, 4) is 5.75 Å². The van der Waals surface area contributed by atoms with Crippen molar-refractivity contribution in [2.24, 2.45) is 17.8 Å². The number of rotatable bonds is 7. The molecule has 2 nitrogen and oxygen atoms in total. The first-order valence-electron chi connectivity index (χ1n) is 13.3. The highest BCUT2D eigenvalue weighted by molar-refractivity contribution is 5.91. The molecule has 4 rings (SSSR count). The minimum Gasteiger partial charge on any atom is -0.423 e. The van der Waals surface area contributed by atoms with Crippen molar-refractivity contribution in [1.82, 2.24) is 0 Å². The molecule has 2 aliphatic carbocycles. The van der Waals surface area contributed by atoms with Gasteiger partial charge in [-0.1, -0.05) is 55.7 Å². The quantitative estimate of drug-likeness (QED) is 0.233. The van der Waals surface area contributed by atoms with Crippen molar-refractivity contribution in [3.05, 3.63) is 77.1 Å². The number of esters is 1. The Kier molecular flexibility index (Phi) is 8.59. The number of allylic oxidation sites excluding steroid dienone is 2. The molecule has 2 aromatic rings. The predicted molar refractivity (Wildman–Crippen MR) is 137 cm³/mol. The van der Waals surface area contributed by atoms with Gasteiger partial charge in [-0.2, -0.15) is 0 Å². The maximum atomic E-state index is 14.8. The summed E-state index contributed by atoms with van der Waals surface area (Å²) in [5.74, 6) is 2.04. The minimum absolute atomic E-state index is 0.00500. The third kappa shape index (κ3) is 6.58. The Labute approximate surface area is 204 Å². The zero-order chi connectivity index (χ0) is 23.9. The molecule has 2 aliphatic rings. The Balaban J connectivity index is 1.27. The molecule has 0 aliphatic heterocycles. The first kappa shape index (κ1) is 24.7. The molecule has 0 N–H and O–H groups in total. The van der Waals surface area contributed by atoms with Crippen molar-refractivity contribution >= 4 is 5.97 Å². The van der Waals surface area contributed by atoms with Crippen LogP contribution in [0.25, 0.3) is 0 Å². The molecule has 0 heterocycles. The van der Waals surface area contributed by atoms with Gasteiger partial charge in [-0.15, -0.1) is 0 Å². The van der Waals surface area contributed by atoms with Crippen LogP contribution in [0.3, 0.4) is 0 Å². The van der Waals surface area contributed by atoms with Crippen LogP contribution >= 0.6 is 0 Å². The molecule has 2 fully saturated rings. The van der Waals surface area contributed by atoms with E-state index in [9.17, 15) is 9.18 Å². The highest BCUT2D eigenvalue weighted by Crippen LogP contribution is 2.38. The molecule has 0 saturated heterocycles. The Morgan fingerprint density at radius 2 is 1.53 bits per heavy atom. The molecule has 2 aromatic carbocycles. The average Bonchev–Trinajstić information content (AvgIpc) is 2.85. The van der Waals surface area contributed by atoms with E-state index in [1.165, 1.54) is 38.5 Å². The average molecular weight is 463 g/mol. The monoisotopic (exact) mass is 462 g/mol. The van der Waals surface area contributed by atoms with E-state index in [0.717, 1.165) is 48.6 Å². The van der Waals surface area contributed by atoms with E-state index >= 15 is 0 Å². The van der Waals surface area contributed by atoms with E-state index < -0.39 is 11.8 Å². The van der Waals surface area contributed by atoms with Crippen molar-refractivity contribution in [1.29, 1.82) is 0 Å². The van der Waals surface area contributed by atoms with Crippen LogP contribution in [0.15, 0.2) is 54.6 Å². The van der Waals surface area contributed by atoms with Crippen LogP contribution in [0, 0.1) is 30.5 Å². The smallest absolute Gasteiger partial charge is 0.346 e. The van der Waals surface area contributed by atoms with Crippen molar-refractivity contribution < 1.29 is 13.9 Å². The lowest BCUT2D eigenvalue weighted by Gasteiger charge is -2.29. The SMILES string of the molecule is CCCC1CCC(/C=C/C2CCC(c3ccc(C(=O)Oc4ccc(C)cc4)c(F)c3)CC2)CC1. The van der Waals surface area contributed by atoms with Gasteiger partial charge in [-0.3, -0.25) is 0 Å². The lowest BCUT2D eigenvalue weighted by molar-refractivity contribution is 0.0730. The summed E-state index contributed by atoms with van der Waals surface area (Å²) in [5.41, 5.74) is 2.07. The molecule has 0 unspecified atom stereocenters. The van der Waals surface area contributed by atoms with Gasteiger partial charge in [-0.25, -0.2) is 9.18 Å². The number of hydrogen-bond acceptors (Lipinski definition) is 2. The molecule has 0 amide bonds. The summed E-state index contributed by atoms with van der Waals surface area (Å²) in [7, 11) is 0. The van der Waals surface area contributed by atoms with E-state index in [4.69, 9.17) is 4.74 Å². The van der Waals surface area contributed by atoms with Crippen molar-refractivity contribution in [3.63, 3.8) is 0 Å². The van der Waals surface area contributed by atoms with Crippen LogP contribution in [0.2, 0.25) is 0 Å². The summed E-state index contributed by atoms with van der Waals surface area (Å²) in [6.07, 6.45) is 17.7. The predicted octanol–water partition coefficient (Wildman–Crippen LogP) is 8.79. The van der Waals surface area contributed by atoms with E-state index in [1.807, 2.05) is 25.1 Å². The fourth-order valence-electron chi connectivity index (χ4n) is 5.76. The molecule has 0 radical (unpaired) electrons. The molecule has 3 heteroatoms. The summed E-state index contributed by atoms with van der Waals surface area (Å²) >= 11 is 0. The summed E-state index contributed by atoms with van der Waals surface area (Å²) < 4.78 is 20.1. The molecule has 0 atom stereocenters. The molecule has 34 heavy (non-hydrogen) atoms. The van der Waals surface area contributed by atoms with Crippen LogP contribution in [0.5, 0.6) is 5.75 Å². The molecule has 0 spiro atoms. The van der Waals surface area contributed by atoms with Gasteiger partial charge < -0.3 is 4.74 Å². The Morgan fingerprint density at radius 1 is 0.912 bits per heavy atom. The maximum absolute atomic E-state index is 14.8. The van der Waals surface area contributed by atoms with Gasteiger partial charge in [0.05, 0.1) is 5.56 Å². The number of halogens is 1. The van der Waals surface area contributed by atoms with Crippen LogP contribution in [0.4, 0.5) is 4.39 Å². The standard InChI is InChI=1S/C31H39FO2/c1-3-4-23-7-9-24(10-8-23)11-12-25-13-15-26(16-14-25)27-17-20-29(30(32)21-27)31(33)34-28-18-5-22(2)6-19-28/h5-6,11-12,17-21,23-26H,3-4,7-10,13-16H2,1-2H3/b12-11+. The molecular formula is C31H39FO2. The van der Waals surface area contributed by atoms with Crippen LogP contribution in [-0.2, 0) is 0 Å². The Morgan fingerprint density at radius 3 is 2.12 bits per heavy atom. The van der Waals surface area contributed by atoms with Crippen molar-refractivity contribution in [2.45, 2.75) is 84.0 Å². The fourth-order valence-corrected chi connectivity index (χ4v) is 5.76. The van der Waals surface area contributed by atoms with E-state index in [1.54, 1.807) is 24.3 Å². The number of hydrogen-bond donors (Lipinski definition) is 0. The number of carbonyl (C=O) groups is 1. The second-order valence-corrected chi connectivity index (χ2v) is 10.5. The van der Waals surface area contributed by atoms with Gasteiger partial charge in [0, 0.05) is 0 Å². The highest BCUT2D eigenvalue weighted by Gasteiger charge is 2.24. The summed E-state index contributed by atoms with van der Waals surface area (Å²) in [5, 5.41) is 0. The lowest BCUT2D eigenvalue weighted by Crippen LogP contribution is -2.15. The fraction of sp³-hybridized carbons (Fsp3) is 0.516. The van der Waals surface area contributed by atoms with E-state index in [-0.39, 0.29) is 5.56 Å². The Bertz CT molecular complexity index is 961. The van der Waals surface area contributed by atoms with Gasteiger partial charge in [0.25, 0.3) is 0 Å². The summed E-state index contributed by atoms with van der Waals surface area (Å²) in [4.78, 5) is 12.4. The second-order valence-electron chi connectivity index (χ2n) is 10.5. The van der Waals surface area contributed by atoms with Crippen molar-refractivity contribution in [2.75, 3.05) is 0 Å². The molecule has 0 bridgehead atoms. The van der Waals surface area contributed by atoms with Gasteiger partial charge in [0.1, 0.15) is 11.6 Å². The van der Waals surface area contributed by atoms with Gasteiger partial charge in [0.15, 0.2) is 0 Å². The zero-order valence-corrected chi connectivity index (χ0v) is 20.8. The number of aryl methyl sites for hydroxylation is 1. The maximum Gasteiger partial charge on any atom is 0.346 e. The van der Waals surface area contributed by atoms with E-state index in [0.29, 0.717) is 17.6 Å². The summed E-state index contributed by atoms with van der Waals surface area (Å²) in [6, 6.07) is 12.2. The zero-order valence-electron chi connectivity index (χ0n) is 20.8. The number of benzene rings is 2. The first-order valence-corrected chi connectivity index (χ1v) is 13.3. The topological polar surface area (TPSA) is 26.3 Å². The highest BCUT2D eigenvalue weighted by atomic mass is 19.1. The van der Waals surface area contributed by atoms with Crippen LogP contribution < -0.4 is 4.74 Å². The third-order valence-electron chi connectivity index (χ3n) is 7.93. The number of carbonyl (C=O) groups excluding carboxylic acids is 1. The second kappa shape index (κ2) is 11.8. The van der Waals surface area contributed by atoms with Gasteiger partial charge in [-0.05, 0) is 112 Å². The van der Waals surface area contributed by atoms with Crippen LogP contribution in [-0.4, -0.2) is 5.97 Å². The Hall–Kier alpha value is -2.42. The third-order valence-corrected chi connectivity index (χ3v) is 7.93. The number of ether oxygens (including phenoxy) is 1. The van der Waals surface area contributed by atoms with Gasteiger partial charge >= 0.3 is 5.97 Å². The molecule has 0 aromatic heterocycles. The minimum atomic E-state index is -0.648. The summed E-state index contributed by atoms with van der Waals surface area (Å²) in [6.45, 7) is 4.26. The normalized spacial score (nSPS) is 25.4. The molecular weight excluding hydrogens is 423 g/mol. The largest absolute Gasteiger partial charge is 0.423 e. The van der Waals surface area contributed by atoms with E-state index in [2.05, 4.69) is 19.1 Å².